The van der Waals surface area contributed by atoms with Gasteiger partial charge in [-0.3, -0.25) is 20.2 Å². The van der Waals surface area contributed by atoms with Crippen molar-refractivity contribution in [1.82, 2.24) is 15.2 Å². The smallest absolute Gasteiger partial charge is 0.263 e. The fraction of sp³-hybridized carbons (Fsp3) is 0.174. The summed E-state index contributed by atoms with van der Waals surface area (Å²) in [5, 5.41) is 5.90. The molecule has 2 aromatic carbocycles. The van der Waals surface area contributed by atoms with Crippen LogP contribution >= 0.6 is 12.2 Å². The Morgan fingerprint density at radius 3 is 2.48 bits per heavy atom. The summed E-state index contributed by atoms with van der Waals surface area (Å²) in [6.45, 7) is 2.99. The molecule has 1 fully saturated rings. The maximum absolute atomic E-state index is 12.3. The lowest BCUT2D eigenvalue weighted by Crippen LogP contribution is -2.51. The Morgan fingerprint density at radius 2 is 1.74 bits per heavy atom. The van der Waals surface area contributed by atoms with Gasteiger partial charge in [0, 0.05) is 28.2 Å². The average molecular weight is 436 g/mol. The number of hydrogen-bond acceptors (Lipinski definition) is 5. The first-order chi connectivity index (χ1) is 15.0. The molecule has 7 nitrogen and oxygen atoms in total. The number of nitrogens with one attached hydrogen (secondary N) is 2. The molecular weight excluding hydrogens is 414 g/mol. The molecular formula is C23H21N3O4S. The van der Waals surface area contributed by atoms with E-state index in [0.717, 1.165) is 33.7 Å². The van der Waals surface area contributed by atoms with Gasteiger partial charge in [0.2, 0.25) is 0 Å². The number of nitrogens with zero attached hydrogens (tertiary/aromatic N) is 1. The molecule has 1 aliphatic rings. The minimum absolute atomic E-state index is 0.0148. The summed E-state index contributed by atoms with van der Waals surface area (Å²) in [6, 6.07) is 15.3. The molecule has 2 N–H and O–H groups in total. The Bertz CT molecular complexity index is 1210. The van der Waals surface area contributed by atoms with E-state index in [2.05, 4.69) is 15.2 Å². The second kappa shape index (κ2) is 8.61. The lowest BCUT2D eigenvalue weighted by atomic mass is 10.1. The zero-order valence-electron chi connectivity index (χ0n) is 17.1. The van der Waals surface area contributed by atoms with Crippen LogP contribution in [0.1, 0.15) is 11.3 Å². The number of para-hydroxylation sites is 1. The molecule has 1 aliphatic heterocycles. The third-order valence-electron chi connectivity index (χ3n) is 5.14. The van der Waals surface area contributed by atoms with E-state index in [9.17, 15) is 9.59 Å². The Balaban J connectivity index is 1.64. The summed E-state index contributed by atoms with van der Waals surface area (Å²) in [5.74, 6) is 0.442. The van der Waals surface area contributed by atoms with E-state index in [0.29, 0.717) is 13.2 Å². The molecule has 4 rings (SSSR count). The highest BCUT2D eigenvalue weighted by atomic mass is 32.1. The van der Waals surface area contributed by atoms with Gasteiger partial charge in [0.05, 0.1) is 13.7 Å². The Kier molecular flexibility index (Phi) is 5.73. The highest BCUT2D eigenvalue weighted by molar-refractivity contribution is 7.80. The highest BCUT2D eigenvalue weighted by Gasteiger charge is 2.26. The van der Waals surface area contributed by atoms with Crippen LogP contribution in [0.2, 0.25) is 0 Å². The number of carbonyl (C=O) groups is 2. The van der Waals surface area contributed by atoms with E-state index in [-0.39, 0.29) is 10.7 Å². The van der Waals surface area contributed by atoms with E-state index in [1.807, 2.05) is 55.5 Å². The minimum atomic E-state index is -0.508. The fourth-order valence-corrected chi connectivity index (χ4v) is 3.81. The lowest BCUT2D eigenvalue weighted by Gasteiger charge is -2.16. The summed E-state index contributed by atoms with van der Waals surface area (Å²) in [4.78, 5) is 24.6. The average Bonchev–Trinajstić information content (AvgIpc) is 3.02. The zero-order chi connectivity index (χ0) is 22.0. The van der Waals surface area contributed by atoms with Crippen LogP contribution in [0, 0.1) is 6.92 Å². The number of rotatable bonds is 6. The van der Waals surface area contributed by atoms with E-state index in [1.54, 1.807) is 13.2 Å². The van der Waals surface area contributed by atoms with Gasteiger partial charge in [-0.05, 0) is 43.4 Å². The predicted octanol–water partition coefficient (Wildman–Crippen LogP) is 2.95. The number of thiocarbonyl (C=S) groups is 1. The number of fused-ring (bicyclic) bond motifs is 1. The molecule has 0 radical (unpaired) electrons. The Labute approximate surface area is 184 Å². The van der Waals surface area contributed by atoms with Crippen molar-refractivity contribution >= 4 is 46.1 Å². The topological polar surface area (TPSA) is 81.6 Å². The van der Waals surface area contributed by atoms with Crippen LogP contribution in [-0.4, -0.2) is 35.2 Å². The maximum Gasteiger partial charge on any atom is 0.263 e. The number of amides is 2. The molecule has 1 saturated heterocycles. The fourth-order valence-electron chi connectivity index (χ4n) is 3.62. The Hall–Kier alpha value is -3.65. The van der Waals surface area contributed by atoms with Crippen molar-refractivity contribution in [1.29, 1.82) is 0 Å². The molecule has 0 saturated carbocycles. The zero-order valence-corrected chi connectivity index (χ0v) is 17.9. The number of aromatic nitrogens is 1. The van der Waals surface area contributed by atoms with Crippen molar-refractivity contribution in [2.75, 3.05) is 13.7 Å². The van der Waals surface area contributed by atoms with Crippen LogP contribution in [0.4, 0.5) is 0 Å². The second-order valence-electron chi connectivity index (χ2n) is 6.99. The van der Waals surface area contributed by atoms with E-state index < -0.39 is 11.8 Å². The molecule has 2 amide bonds. The number of hydrogen-bond donors (Lipinski definition) is 2. The molecule has 0 unspecified atom stereocenters. The first kappa shape index (κ1) is 20.6. The number of benzene rings is 2. The van der Waals surface area contributed by atoms with Gasteiger partial charge in [-0.1, -0.05) is 24.3 Å². The third-order valence-corrected chi connectivity index (χ3v) is 5.34. The molecule has 2 heterocycles. The van der Waals surface area contributed by atoms with Crippen LogP contribution in [0.3, 0.4) is 0 Å². The van der Waals surface area contributed by atoms with Gasteiger partial charge in [0.15, 0.2) is 5.11 Å². The second-order valence-corrected chi connectivity index (χ2v) is 7.40. The summed E-state index contributed by atoms with van der Waals surface area (Å²) in [5.41, 5.74) is 2.75. The van der Waals surface area contributed by atoms with E-state index in [1.165, 1.54) is 0 Å². The quantitative estimate of drug-likeness (QED) is 0.354. The van der Waals surface area contributed by atoms with Gasteiger partial charge < -0.3 is 14.0 Å². The predicted molar refractivity (Wildman–Crippen MR) is 122 cm³/mol. The molecule has 0 atom stereocenters. The van der Waals surface area contributed by atoms with Crippen LogP contribution in [0.5, 0.6) is 11.5 Å². The molecule has 1 aromatic heterocycles. The maximum atomic E-state index is 12.3. The molecule has 0 aliphatic carbocycles. The first-order valence-electron chi connectivity index (χ1n) is 9.71. The molecule has 3 aromatic rings. The van der Waals surface area contributed by atoms with Gasteiger partial charge in [0.1, 0.15) is 23.7 Å². The highest BCUT2D eigenvalue weighted by Crippen LogP contribution is 2.28. The van der Waals surface area contributed by atoms with Gasteiger partial charge in [-0.2, -0.15) is 0 Å². The van der Waals surface area contributed by atoms with Crippen molar-refractivity contribution < 1.29 is 19.1 Å². The van der Waals surface area contributed by atoms with Gasteiger partial charge in [0.25, 0.3) is 11.8 Å². The van der Waals surface area contributed by atoms with Crippen molar-refractivity contribution in [3.8, 4) is 11.5 Å². The van der Waals surface area contributed by atoms with Gasteiger partial charge in [-0.25, -0.2) is 0 Å². The molecule has 0 bridgehead atoms. The van der Waals surface area contributed by atoms with Crippen LogP contribution in [0.25, 0.3) is 17.0 Å². The largest absolute Gasteiger partial charge is 0.497 e. The monoisotopic (exact) mass is 435 g/mol. The number of ether oxygens (including phenoxy) is 2. The van der Waals surface area contributed by atoms with Crippen LogP contribution < -0.4 is 20.1 Å². The summed E-state index contributed by atoms with van der Waals surface area (Å²) >= 11 is 4.87. The minimum Gasteiger partial charge on any atom is -0.497 e. The summed E-state index contributed by atoms with van der Waals surface area (Å²) in [7, 11) is 1.62. The normalized spacial score (nSPS) is 13.7. The molecule has 8 heteroatoms. The van der Waals surface area contributed by atoms with Crippen molar-refractivity contribution in [3.63, 3.8) is 0 Å². The summed E-state index contributed by atoms with van der Waals surface area (Å²) < 4.78 is 13.2. The van der Waals surface area contributed by atoms with Gasteiger partial charge in [-0.15, -0.1) is 0 Å². The molecule has 0 spiro atoms. The first-order valence-corrected chi connectivity index (χ1v) is 10.1. The van der Waals surface area contributed by atoms with Crippen LogP contribution in [-0.2, 0) is 16.1 Å². The number of methoxy groups -OCH3 is 1. The van der Waals surface area contributed by atoms with Crippen molar-refractivity contribution in [3.05, 3.63) is 65.4 Å². The van der Waals surface area contributed by atoms with Gasteiger partial charge >= 0.3 is 0 Å². The van der Waals surface area contributed by atoms with Crippen LogP contribution in [0.15, 0.2) is 54.1 Å². The number of carbonyl (C=O) groups excluding carboxylic acids is 2. The van der Waals surface area contributed by atoms with E-state index >= 15 is 0 Å². The van der Waals surface area contributed by atoms with Crippen molar-refractivity contribution in [2.24, 2.45) is 0 Å². The Morgan fingerprint density at radius 1 is 1.03 bits per heavy atom. The third kappa shape index (κ3) is 4.15. The standard InChI is InChI=1S/C23H21N3O4S/c1-14-18(13-19-21(27)24-23(31)25-22(19)28)17-8-3-4-9-20(17)26(14)10-11-30-16-7-5-6-15(12-16)29-2/h3-9,12-13H,10-11H2,1-2H3,(H2,24,25,27,28,31). The molecule has 31 heavy (non-hydrogen) atoms. The SMILES string of the molecule is COc1cccc(OCCn2c(C)c(C=C3C(=O)NC(=S)NC3=O)c3ccccc32)c1. The molecule has 158 valence electrons. The van der Waals surface area contributed by atoms with E-state index in [4.69, 9.17) is 21.7 Å². The lowest BCUT2D eigenvalue weighted by molar-refractivity contribution is -0.123. The summed E-state index contributed by atoms with van der Waals surface area (Å²) in [6.07, 6.45) is 1.61. The van der Waals surface area contributed by atoms with Crippen molar-refractivity contribution in [2.45, 2.75) is 13.5 Å².